The Balaban J connectivity index is 1.55. The van der Waals surface area contributed by atoms with Crippen LogP contribution < -0.4 is 5.32 Å². The Morgan fingerprint density at radius 2 is 1.71 bits per heavy atom. The van der Waals surface area contributed by atoms with Gasteiger partial charge in [-0.05, 0) is 35.7 Å². The molecule has 2 heterocycles. The topological polar surface area (TPSA) is 46.5 Å². The summed E-state index contributed by atoms with van der Waals surface area (Å²) in [5.74, 6) is 0.692. The highest BCUT2D eigenvalue weighted by molar-refractivity contribution is 5.78. The Hall–Kier alpha value is -2.11. The van der Waals surface area contributed by atoms with Crippen molar-refractivity contribution < 1.29 is 9.53 Å². The monoisotopic (exact) mass is 383 g/mol. The van der Waals surface area contributed by atoms with Gasteiger partial charge in [-0.2, -0.15) is 0 Å². The number of amides is 1. The van der Waals surface area contributed by atoms with Crippen LogP contribution in [0, 0.1) is 5.92 Å². The van der Waals surface area contributed by atoms with Crippen molar-refractivity contribution >= 4 is 5.91 Å². The summed E-state index contributed by atoms with van der Waals surface area (Å²) in [5, 5.41) is 3.19. The summed E-state index contributed by atoms with van der Waals surface area (Å²) < 4.78 is 7.57. The first-order chi connectivity index (χ1) is 13.7. The van der Waals surface area contributed by atoms with Crippen molar-refractivity contribution in [2.75, 3.05) is 32.8 Å². The predicted molar refractivity (Wildman–Crippen MR) is 113 cm³/mol. The molecule has 1 atom stereocenters. The molecule has 1 aliphatic heterocycles. The van der Waals surface area contributed by atoms with E-state index in [9.17, 15) is 4.79 Å². The lowest BCUT2D eigenvalue weighted by molar-refractivity contribution is -0.121. The third kappa shape index (κ3) is 5.46. The van der Waals surface area contributed by atoms with Crippen molar-refractivity contribution in [1.82, 2.24) is 14.8 Å². The van der Waals surface area contributed by atoms with Crippen LogP contribution in [0.3, 0.4) is 0 Å². The number of benzene rings is 1. The average molecular weight is 384 g/mol. The predicted octanol–water partition coefficient (Wildman–Crippen LogP) is 3.27. The van der Waals surface area contributed by atoms with Gasteiger partial charge in [0.1, 0.15) is 0 Å². The van der Waals surface area contributed by atoms with Crippen molar-refractivity contribution in [2.45, 2.75) is 39.2 Å². The Morgan fingerprint density at radius 3 is 2.32 bits per heavy atom. The zero-order valence-corrected chi connectivity index (χ0v) is 17.1. The molecule has 1 unspecified atom stereocenters. The van der Waals surface area contributed by atoms with Crippen LogP contribution in [0.1, 0.15) is 32.3 Å². The second-order valence-corrected chi connectivity index (χ2v) is 7.53. The second-order valence-electron chi connectivity index (χ2n) is 7.53. The van der Waals surface area contributed by atoms with Gasteiger partial charge in [0, 0.05) is 43.8 Å². The van der Waals surface area contributed by atoms with Crippen molar-refractivity contribution in [3.05, 3.63) is 54.4 Å². The Bertz CT molecular complexity index is 702. The molecule has 5 nitrogen and oxygen atoms in total. The molecule has 1 saturated heterocycles. The van der Waals surface area contributed by atoms with Gasteiger partial charge in [-0.1, -0.05) is 38.8 Å². The van der Waals surface area contributed by atoms with Crippen LogP contribution >= 0.6 is 0 Å². The summed E-state index contributed by atoms with van der Waals surface area (Å²) in [5.41, 5.74) is 2.15. The smallest absolute Gasteiger partial charge is 0.224 e. The third-order valence-electron chi connectivity index (χ3n) is 5.82. The van der Waals surface area contributed by atoms with Crippen molar-refractivity contribution in [1.29, 1.82) is 0 Å². The summed E-state index contributed by atoms with van der Waals surface area (Å²) in [6, 6.07) is 12.6. The lowest BCUT2D eigenvalue weighted by Crippen LogP contribution is -2.52. The summed E-state index contributed by atoms with van der Waals surface area (Å²) in [7, 11) is 0. The number of aromatic nitrogens is 1. The Morgan fingerprint density at radius 1 is 1.07 bits per heavy atom. The number of nitrogens with one attached hydrogen (secondary N) is 1. The number of nitrogens with zero attached hydrogens (tertiary/aromatic N) is 2. The highest BCUT2D eigenvalue weighted by Gasteiger charge is 2.27. The van der Waals surface area contributed by atoms with Gasteiger partial charge >= 0.3 is 0 Å². The maximum absolute atomic E-state index is 12.6. The summed E-state index contributed by atoms with van der Waals surface area (Å²) in [4.78, 5) is 15.0. The normalized spacial score (nSPS) is 16.2. The molecular formula is C23H33N3O2. The van der Waals surface area contributed by atoms with E-state index in [1.54, 1.807) is 0 Å². The number of rotatable bonds is 9. The largest absolute Gasteiger partial charge is 0.379 e. The SMILES string of the molecule is CCC(CC)C(CNC(=O)Cc1ccc(-n2cccc2)cc1)N1CCOCC1. The molecule has 0 saturated carbocycles. The number of hydrogen-bond donors (Lipinski definition) is 1. The maximum atomic E-state index is 12.6. The van der Waals surface area contributed by atoms with Gasteiger partial charge in [0.05, 0.1) is 19.6 Å². The fraction of sp³-hybridized carbons (Fsp3) is 0.522. The molecule has 0 radical (unpaired) electrons. The molecule has 28 heavy (non-hydrogen) atoms. The molecule has 5 heteroatoms. The molecular weight excluding hydrogens is 350 g/mol. The lowest BCUT2D eigenvalue weighted by Gasteiger charge is -2.38. The molecule has 0 spiro atoms. The summed E-state index contributed by atoms with van der Waals surface area (Å²) in [6.45, 7) is 8.70. The fourth-order valence-corrected chi connectivity index (χ4v) is 4.09. The molecule has 2 aromatic rings. The zero-order valence-electron chi connectivity index (χ0n) is 17.1. The van der Waals surface area contributed by atoms with E-state index >= 15 is 0 Å². The fourth-order valence-electron chi connectivity index (χ4n) is 4.09. The molecule has 3 rings (SSSR count). The van der Waals surface area contributed by atoms with Crippen molar-refractivity contribution in [3.8, 4) is 5.69 Å². The molecule has 152 valence electrons. The van der Waals surface area contributed by atoms with Crippen LogP contribution in [0.4, 0.5) is 0 Å². The molecule has 1 aliphatic rings. The van der Waals surface area contributed by atoms with Crippen LogP contribution in [0.15, 0.2) is 48.8 Å². The van der Waals surface area contributed by atoms with Gasteiger partial charge in [0.25, 0.3) is 0 Å². The van der Waals surface area contributed by atoms with E-state index in [2.05, 4.69) is 40.8 Å². The van der Waals surface area contributed by atoms with E-state index in [1.165, 1.54) is 0 Å². The standard InChI is InChI=1S/C23H33N3O2/c1-3-20(4-2)22(26-13-15-28-16-14-26)18-24-23(27)17-19-7-9-21(10-8-19)25-11-5-6-12-25/h5-12,20,22H,3-4,13-18H2,1-2H3,(H,24,27). The Kier molecular flexibility index (Phi) is 7.69. The minimum Gasteiger partial charge on any atom is -0.379 e. The van der Waals surface area contributed by atoms with Crippen LogP contribution in [-0.4, -0.2) is 54.3 Å². The zero-order chi connectivity index (χ0) is 19.8. The lowest BCUT2D eigenvalue weighted by atomic mass is 9.92. The number of hydrogen-bond acceptors (Lipinski definition) is 3. The Labute approximate surface area is 168 Å². The molecule has 1 aromatic carbocycles. The van der Waals surface area contributed by atoms with E-state index in [0.717, 1.165) is 50.4 Å². The van der Waals surface area contributed by atoms with Gasteiger partial charge in [-0.25, -0.2) is 0 Å². The minimum atomic E-state index is 0.0953. The van der Waals surface area contributed by atoms with E-state index in [1.807, 2.05) is 36.7 Å². The van der Waals surface area contributed by atoms with Gasteiger partial charge in [0.2, 0.25) is 5.91 Å². The first kappa shape index (κ1) is 20.6. The molecule has 0 aliphatic carbocycles. The molecule has 1 aromatic heterocycles. The first-order valence-corrected chi connectivity index (χ1v) is 10.5. The molecule has 0 bridgehead atoms. The van der Waals surface area contributed by atoms with Crippen LogP contribution in [-0.2, 0) is 16.0 Å². The van der Waals surface area contributed by atoms with Crippen molar-refractivity contribution in [2.24, 2.45) is 5.92 Å². The molecule has 1 amide bonds. The molecule has 1 fully saturated rings. The number of carbonyl (C=O) groups is 1. The van der Waals surface area contributed by atoms with Crippen LogP contribution in [0.25, 0.3) is 5.69 Å². The summed E-state index contributed by atoms with van der Waals surface area (Å²) in [6.07, 6.45) is 6.73. The average Bonchev–Trinajstić information content (AvgIpc) is 3.27. The van der Waals surface area contributed by atoms with E-state index < -0.39 is 0 Å². The van der Waals surface area contributed by atoms with Gasteiger partial charge in [-0.3, -0.25) is 9.69 Å². The van der Waals surface area contributed by atoms with Gasteiger partial charge < -0.3 is 14.6 Å². The van der Waals surface area contributed by atoms with Crippen LogP contribution in [0.5, 0.6) is 0 Å². The quantitative estimate of drug-likeness (QED) is 0.723. The highest BCUT2D eigenvalue weighted by Crippen LogP contribution is 2.19. The van der Waals surface area contributed by atoms with Crippen molar-refractivity contribution in [3.63, 3.8) is 0 Å². The van der Waals surface area contributed by atoms with E-state index in [-0.39, 0.29) is 5.91 Å². The number of carbonyl (C=O) groups excluding carboxylic acids is 1. The van der Waals surface area contributed by atoms with E-state index in [4.69, 9.17) is 4.74 Å². The maximum Gasteiger partial charge on any atom is 0.224 e. The van der Waals surface area contributed by atoms with E-state index in [0.29, 0.717) is 24.9 Å². The van der Waals surface area contributed by atoms with Gasteiger partial charge in [0.15, 0.2) is 0 Å². The third-order valence-corrected chi connectivity index (χ3v) is 5.82. The van der Waals surface area contributed by atoms with Crippen LogP contribution in [0.2, 0.25) is 0 Å². The molecule has 1 N–H and O–H groups in total. The summed E-state index contributed by atoms with van der Waals surface area (Å²) >= 11 is 0. The first-order valence-electron chi connectivity index (χ1n) is 10.5. The number of ether oxygens (including phenoxy) is 1. The second kappa shape index (κ2) is 10.4. The minimum absolute atomic E-state index is 0.0953. The van der Waals surface area contributed by atoms with Gasteiger partial charge in [-0.15, -0.1) is 0 Å². The highest BCUT2D eigenvalue weighted by atomic mass is 16.5. The number of morpholine rings is 1.